The molecule has 1 atom stereocenters. The van der Waals surface area contributed by atoms with Crippen molar-refractivity contribution in [3.05, 3.63) is 42.0 Å². The van der Waals surface area contributed by atoms with Crippen LogP contribution in [-0.2, 0) is 20.8 Å². The van der Waals surface area contributed by atoms with Crippen LogP contribution in [-0.4, -0.2) is 44.9 Å². The van der Waals surface area contributed by atoms with E-state index in [1.807, 2.05) is 18.2 Å². The van der Waals surface area contributed by atoms with Gasteiger partial charge in [-0.05, 0) is 38.3 Å². The van der Waals surface area contributed by atoms with Gasteiger partial charge in [0, 0.05) is 12.0 Å². The number of esters is 1. The van der Waals surface area contributed by atoms with Gasteiger partial charge in [-0.1, -0.05) is 17.3 Å². The van der Waals surface area contributed by atoms with E-state index in [1.165, 1.54) is 17.3 Å². The van der Waals surface area contributed by atoms with E-state index in [2.05, 4.69) is 29.1 Å². The van der Waals surface area contributed by atoms with Gasteiger partial charge in [0.1, 0.15) is 24.0 Å². The van der Waals surface area contributed by atoms with Crippen LogP contribution in [0, 0.1) is 0 Å². The van der Waals surface area contributed by atoms with Crippen LogP contribution in [0.2, 0.25) is 0 Å². The highest BCUT2D eigenvalue weighted by Crippen LogP contribution is 2.33. The summed E-state index contributed by atoms with van der Waals surface area (Å²) in [6.07, 6.45) is 4.66. The molecule has 1 fully saturated rings. The molecule has 1 aromatic carbocycles. The molecule has 2 aliphatic heterocycles. The number of hydrogen-bond acceptors (Lipinski definition) is 7. The average molecular weight is 356 g/mol. The summed E-state index contributed by atoms with van der Waals surface area (Å²) < 4.78 is 12.5. The monoisotopic (exact) mass is 356 g/mol. The predicted octanol–water partition coefficient (Wildman–Crippen LogP) is 1.92. The summed E-state index contributed by atoms with van der Waals surface area (Å²) in [6, 6.07) is 5.89. The summed E-state index contributed by atoms with van der Waals surface area (Å²) in [5.74, 6) is 0.853. The van der Waals surface area contributed by atoms with Crippen molar-refractivity contribution in [1.82, 2.24) is 14.8 Å². The molecule has 8 nitrogen and oxygen atoms in total. The highest BCUT2D eigenvalue weighted by molar-refractivity contribution is 5.99. The first-order valence-electron chi connectivity index (χ1n) is 8.60. The minimum absolute atomic E-state index is 0.208. The summed E-state index contributed by atoms with van der Waals surface area (Å²) in [6.45, 7) is 4.49. The van der Waals surface area contributed by atoms with Crippen LogP contribution in [0.4, 0.5) is 0 Å². The zero-order chi connectivity index (χ0) is 18.1. The molecule has 26 heavy (non-hydrogen) atoms. The average Bonchev–Trinajstić information content (AvgIpc) is 3.26. The molecule has 3 heterocycles. The fourth-order valence-corrected chi connectivity index (χ4v) is 3.01. The molecule has 4 rings (SSSR count). The van der Waals surface area contributed by atoms with Gasteiger partial charge in [-0.25, -0.2) is 9.78 Å². The van der Waals surface area contributed by atoms with Crippen molar-refractivity contribution in [2.45, 2.75) is 44.8 Å². The van der Waals surface area contributed by atoms with Gasteiger partial charge in [0.05, 0.1) is 6.61 Å². The van der Waals surface area contributed by atoms with Crippen LogP contribution in [0.5, 0.6) is 5.75 Å². The molecule has 1 unspecified atom stereocenters. The highest BCUT2D eigenvalue weighted by atomic mass is 16.7. The second-order valence-corrected chi connectivity index (χ2v) is 6.99. The molecule has 0 N–H and O–H groups in total. The van der Waals surface area contributed by atoms with Gasteiger partial charge >= 0.3 is 5.97 Å². The van der Waals surface area contributed by atoms with Crippen molar-refractivity contribution in [2.24, 2.45) is 5.16 Å². The van der Waals surface area contributed by atoms with Gasteiger partial charge < -0.3 is 14.3 Å². The molecule has 0 radical (unpaired) electrons. The lowest BCUT2D eigenvalue weighted by atomic mass is 9.93. The lowest BCUT2D eigenvalue weighted by Gasteiger charge is -2.32. The number of cyclic esters (lactones) is 1. The van der Waals surface area contributed by atoms with Gasteiger partial charge in [-0.2, -0.15) is 9.78 Å². The van der Waals surface area contributed by atoms with Crippen molar-refractivity contribution >= 4 is 11.8 Å². The third-order valence-corrected chi connectivity index (χ3v) is 4.50. The van der Waals surface area contributed by atoms with E-state index in [4.69, 9.17) is 14.3 Å². The fourth-order valence-electron chi connectivity index (χ4n) is 3.01. The molecule has 0 amide bonds. The first-order chi connectivity index (χ1) is 12.5. The van der Waals surface area contributed by atoms with Gasteiger partial charge in [-0.15, -0.1) is 0 Å². The summed E-state index contributed by atoms with van der Waals surface area (Å²) in [5.41, 5.74) is 1.71. The molecular formula is C18H20N4O4. The molecular weight excluding hydrogens is 336 g/mol. The summed E-state index contributed by atoms with van der Waals surface area (Å²) in [5, 5.41) is 8.31. The normalized spacial score (nSPS) is 21.7. The maximum Gasteiger partial charge on any atom is 0.350 e. The highest BCUT2D eigenvalue weighted by Gasteiger charge is 2.30. The molecule has 136 valence electrons. The number of hydrogen-bond donors (Lipinski definition) is 0. The first-order valence-corrected chi connectivity index (χ1v) is 8.60. The summed E-state index contributed by atoms with van der Waals surface area (Å²) in [7, 11) is 0. The van der Waals surface area contributed by atoms with Gasteiger partial charge in [0.15, 0.2) is 0 Å². The minimum atomic E-state index is -0.693. The van der Waals surface area contributed by atoms with E-state index in [0.717, 1.165) is 29.7 Å². The number of aromatic nitrogens is 3. The van der Waals surface area contributed by atoms with E-state index in [0.29, 0.717) is 18.9 Å². The Balaban J connectivity index is 1.67. The minimum Gasteiger partial charge on any atom is -0.488 e. The van der Waals surface area contributed by atoms with Crippen LogP contribution < -0.4 is 4.74 Å². The number of fused-ring (bicyclic) bond motifs is 1. The van der Waals surface area contributed by atoms with Crippen LogP contribution in [0.25, 0.3) is 0 Å². The van der Waals surface area contributed by atoms with Gasteiger partial charge in [0.25, 0.3) is 0 Å². The molecule has 1 saturated heterocycles. The lowest BCUT2D eigenvalue weighted by molar-refractivity contribution is -0.147. The van der Waals surface area contributed by atoms with Crippen molar-refractivity contribution in [1.29, 1.82) is 0 Å². The third-order valence-electron chi connectivity index (χ3n) is 4.50. The number of carbonyl (C=O) groups is 1. The number of nitrogens with zero attached hydrogens (tertiary/aromatic N) is 4. The molecule has 0 aliphatic carbocycles. The van der Waals surface area contributed by atoms with Gasteiger partial charge in [0.2, 0.25) is 11.9 Å². The quantitative estimate of drug-likeness (QED) is 0.361. The maximum atomic E-state index is 11.6. The van der Waals surface area contributed by atoms with E-state index >= 15 is 0 Å². The SMILES string of the molecule is CC1(C)CCc2ccc(/C(=N/OC3CCOC3=O)n3cncn3)cc2O1. The molecule has 0 spiro atoms. The second kappa shape index (κ2) is 6.44. The summed E-state index contributed by atoms with van der Waals surface area (Å²) >= 11 is 0. The van der Waals surface area contributed by atoms with Crippen LogP contribution in [0.1, 0.15) is 37.8 Å². The number of benzene rings is 1. The summed E-state index contributed by atoms with van der Waals surface area (Å²) in [4.78, 5) is 21.0. The molecule has 0 bridgehead atoms. The van der Waals surface area contributed by atoms with Gasteiger partial charge in [-0.3, -0.25) is 0 Å². The van der Waals surface area contributed by atoms with E-state index < -0.39 is 12.1 Å². The molecule has 1 aromatic heterocycles. The Morgan fingerprint density at radius 2 is 2.31 bits per heavy atom. The lowest BCUT2D eigenvalue weighted by Crippen LogP contribution is -2.32. The zero-order valence-electron chi connectivity index (χ0n) is 14.7. The Bertz CT molecular complexity index is 845. The maximum absolute atomic E-state index is 11.6. The van der Waals surface area contributed by atoms with E-state index in [-0.39, 0.29) is 5.60 Å². The Morgan fingerprint density at radius 1 is 1.42 bits per heavy atom. The van der Waals surface area contributed by atoms with Crippen molar-refractivity contribution in [3.63, 3.8) is 0 Å². The Morgan fingerprint density at radius 3 is 3.04 bits per heavy atom. The van der Waals surface area contributed by atoms with E-state index in [1.54, 1.807) is 0 Å². The zero-order valence-corrected chi connectivity index (χ0v) is 14.7. The molecule has 0 saturated carbocycles. The number of oxime groups is 1. The number of carbonyl (C=O) groups excluding carboxylic acids is 1. The second-order valence-electron chi connectivity index (χ2n) is 6.99. The third kappa shape index (κ3) is 3.26. The van der Waals surface area contributed by atoms with Crippen molar-refractivity contribution in [3.8, 4) is 5.75 Å². The predicted molar refractivity (Wildman–Crippen MR) is 91.9 cm³/mol. The Kier molecular flexibility index (Phi) is 4.10. The molecule has 8 heteroatoms. The van der Waals surface area contributed by atoms with Crippen LogP contribution >= 0.6 is 0 Å². The van der Waals surface area contributed by atoms with Crippen LogP contribution in [0.15, 0.2) is 36.0 Å². The molecule has 2 aliphatic rings. The van der Waals surface area contributed by atoms with Crippen molar-refractivity contribution in [2.75, 3.05) is 6.61 Å². The Hall–Kier alpha value is -2.90. The fraction of sp³-hybridized carbons (Fsp3) is 0.444. The topological polar surface area (TPSA) is 87.8 Å². The van der Waals surface area contributed by atoms with Crippen molar-refractivity contribution < 1.29 is 19.1 Å². The first kappa shape index (κ1) is 16.6. The number of ether oxygens (including phenoxy) is 2. The number of aryl methyl sites for hydroxylation is 1. The smallest absolute Gasteiger partial charge is 0.350 e. The molecule has 2 aromatic rings. The van der Waals surface area contributed by atoms with Crippen LogP contribution in [0.3, 0.4) is 0 Å². The number of rotatable bonds is 3. The van der Waals surface area contributed by atoms with E-state index in [9.17, 15) is 4.79 Å². The largest absolute Gasteiger partial charge is 0.488 e. The standard InChI is InChI=1S/C18H20N4O4/c1-18(2)7-5-12-3-4-13(9-15(12)25-18)16(22-11-19-10-20-22)21-26-14-6-8-24-17(14)23/h3-4,9-11,14H,5-8H2,1-2H3/b21-16-. The Labute approximate surface area is 150 Å².